The van der Waals surface area contributed by atoms with E-state index in [1.54, 1.807) is 58.2 Å². The van der Waals surface area contributed by atoms with Crippen LogP contribution in [0.25, 0.3) is 16.7 Å². The predicted molar refractivity (Wildman–Crippen MR) is 99.7 cm³/mol. The van der Waals surface area contributed by atoms with Crippen molar-refractivity contribution in [3.8, 4) is 5.69 Å². The summed E-state index contributed by atoms with van der Waals surface area (Å²) >= 11 is 6.31. The van der Waals surface area contributed by atoms with Crippen LogP contribution in [0.3, 0.4) is 0 Å². The van der Waals surface area contributed by atoms with Crippen LogP contribution >= 0.6 is 11.6 Å². The SMILES string of the molecule is CCn1nnc2cc(C(=O)Nc3cccc(Cl)c3-n3cccn3)ccc21. The molecule has 0 radical (unpaired) electrons. The number of para-hydroxylation sites is 1. The maximum absolute atomic E-state index is 12.7. The number of hydrogen-bond acceptors (Lipinski definition) is 4. The molecule has 2 aromatic heterocycles. The summed E-state index contributed by atoms with van der Waals surface area (Å²) < 4.78 is 3.40. The molecule has 4 aromatic rings. The molecule has 130 valence electrons. The van der Waals surface area contributed by atoms with Crippen LogP contribution in [0, 0.1) is 0 Å². The molecule has 0 saturated carbocycles. The lowest BCUT2D eigenvalue weighted by Crippen LogP contribution is -2.14. The highest BCUT2D eigenvalue weighted by Crippen LogP contribution is 2.28. The summed E-state index contributed by atoms with van der Waals surface area (Å²) in [5, 5.41) is 15.8. The van der Waals surface area contributed by atoms with Crippen molar-refractivity contribution in [3.05, 3.63) is 65.4 Å². The van der Waals surface area contributed by atoms with E-state index in [1.165, 1.54) is 0 Å². The Balaban J connectivity index is 1.68. The van der Waals surface area contributed by atoms with Crippen LogP contribution in [-0.4, -0.2) is 30.7 Å². The van der Waals surface area contributed by atoms with E-state index >= 15 is 0 Å². The van der Waals surface area contributed by atoms with E-state index in [-0.39, 0.29) is 5.91 Å². The quantitative estimate of drug-likeness (QED) is 0.599. The summed E-state index contributed by atoms with van der Waals surface area (Å²) in [6, 6.07) is 12.4. The van der Waals surface area contributed by atoms with Gasteiger partial charge >= 0.3 is 0 Å². The number of benzene rings is 2. The molecule has 4 rings (SSSR count). The number of hydrogen-bond donors (Lipinski definition) is 1. The lowest BCUT2D eigenvalue weighted by molar-refractivity contribution is 0.102. The molecule has 1 N–H and O–H groups in total. The average molecular weight is 367 g/mol. The Morgan fingerprint density at radius 2 is 2.12 bits per heavy atom. The number of carbonyl (C=O) groups excluding carboxylic acids is 1. The van der Waals surface area contributed by atoms with E-state index in [9.17, 15) is 4.79 Å². The third kappa shape index (κ3) is 2.82. The fraction of sp³-hybridized carbons (Fsp3) is 0.111. The molecular formula is C18H15ClN6O. The highest BCUT2D eigenvalue weighted by molar-refractivity contribution is 6.33. The fourth-order valence-electron chi connectivity index (χ4n) is 2.79. The third-order valence-corrected chi connectivity index (χ3v) is 4.35. The smallest absolute Gasteiger partial charge is 0.255 e. The van der Waals surface area contributed by atoms with Crippen molar-refractivity contribution in [2.75, 3.05) is 5.32 Å². The van der Waals surface area contributed by atoms with Crippen LogP contribution in [0.5, 0.6) is 0 Å². The molecule has 0 saturated heterocycles. The first-order valence-electron chi connectivity index (χ1n) is 8.10. The van der Waals surface area contributed by atoms with E-state index in [1.807, 2.05) is 13.0 Å². The highest BCUT2D eigenvalue weighted by Gasteiger charge is 2.15. The normalized spacial score (nSPS) is 11.0. The minimum atomic E-state index is -0.256. The molecule has 26 heavy (non-hydrogen) atoms. The molecule has 0 aliphatic carbocycles. The van der Waals surface area contributed by atoms with Crippen molar-refractivity contribution >= 4 is 34.2 Å². The van der Waals surface area contributed by atoms with Gasteiger partial charge in [-0.3, -0.25) is 4.79 Å². The zero-order valence-electron chi connectivity index (χ0n) is 13.9. The number of fused-ring (bicyclic) bond motifs is 1. The van der Waals surface area contributed by atoms with E-state index in [4.69, 9.17) is 11.6 Å². The molecule has 0 fully saturated rings. The summed E-state index contributed by atoms with van der Waals surface area (Å²) in [7, 11) is 0. The van der Waals surface area contributed by atoms with Gasteiger partial charge in [-0.2, -0.15) is 5.10 Å². The molecule has 1 amide bonds. The topological polar surface area (TPSA) is 77.6 Å². The van der Waals surface area contributed by atoms with Crippen LogP contribution in [-0.2, 0) is 6.54 Å². The zero-order valence-corrected chi connectivity index (χ0v) is 14.7. The Hall–Kier alpha value is -3.19. The molecule has 0 atom stereocenters. The third-order valence-electron chi connectivity index (χ3n) is 4.04. The van der Waals surface area contributed by atoms with E-state index < -0.39 is 0 Å². The number of carbonyl (C=O) groups is 1. The fourth-order valence-corrected chi connectivity index (χ4v) is 3.05. The van der Waals surface area contributed by atoms with Gasteiger partial charge < -0.3 is 5.32 Å². The number of halogens is 1. The summed E-state index contributed by atoms with van der Waals surface area (Å²) in [5.74, 6) is -0.256. The van der Waals surface area contributed by atoms with Crippen LogP contribution < -0.4 is 5.32 Å². The number of aryl methyl sites for hydroxylation is 1. The molecule has 2 heterocycles. The lowest BCUT2D eigenvalue weighted by atomic mass is 10.1. The van der Waals surface area contributed by atoms with Gasteiger partial charge in [0.2, 0.25) is 0 Å². The van der Waals surface area contributed by atoms with Crippen molar-refractivity contribution in [1.82, 2.24) is 24.8 Å². The highest BCUT2D eigenvalue weighted by atomic mass is 35.5. The maximum Gasteiger partial charge on any atom is 0.255 e. The molecule has 0 bridgehead atoms. The Morgan fingerprint density at radius 1 is 1.23 bits per heavy atom. The van der Waals surface area contributed by atoms with Crippen molar-refractivity contribution in [2.45, 2.75) is 13.5 Å². The van der Waals surface area contributed by atoms with E-state index in [0.29, 0.717) is 27.5 Å². The molecule has 0 aliphatic heterocycles. The number of rotatable bonds is 4. The van der Waals surface area contributed by atoms with E-state index in [0.717, 1.165) is 12.1 Å². The van der Waals surface area contributed by atoms with Gasteiger partial charge in [0.05, 0.1) is 16.2 Å². The Labute approximate surface area is 154 Å². The maximum atomic E-state index is 12.7. The summed E-state index contributed by atoms with van der Waals surface area (Å²) in [5.41, 5.74) is 3.25. The number of nitrogens with zero attached hydrogens (tertiary/aromatic N) is 5. The molecule has 8 heteroatoms. The minimum absolute atomic E-state index is 0.256. The zero-order chi connectivity index (χ0) is 18.1. The summed E-state index contributed by atoms with van der Waals surface area (Å²) in [6.07, 6.45) is 3.42. The van der Waals surface area contributed by atoms with Crippen molar-refractivity contribution in [2.24, 2.45) is 0 Å². The standard InChI is InChI=1S/C18H15ClN6O/c1-2-24-16-8-7-12(11-15(16)22-23-24)18(26)21-14-6-3-5-13(19)17(14)25-10-4-9-20-25/h3-11H,2H2,1H3,(H,21,26). The van der Waals surface area contributed by atoms with Gasteiger partial charge in [0.1, 0.15) is 11.2 Å². The van der Waals surface area contributed by atoms with Crippen LogP contribution in [0.15, 0.2) is 54.9 Å². The molecule has 7 nitrogen and oxygen atoms in total. The molecule has 0 spiro atoms. The summed E-state index contributed by atoms with van der Waals surface area (Å²) in [6.45, 7) is 2.71. The van der Waals surface area contributed by atoms with Crippen LogP contribution in [0.2, 0.25) is 5.02 Å². The van der Waals surface area contributed by atoms with Crippen molar-refractivity contribution in [1.29, 1.82) is 0 Å². The van der Waals surface area contributed by atoms with Gasteiger partial charge in [0, 0.05) is 24.5 Å². The van der Waals surface area contributed by atoms with Gasteiger partial charge in [-0.15, -0.1) is 5.10 Å². The average Bonchev–Trinajstić information content (AvgIpc) is 3.30. The van der Waals surface area contributed by atoms with Gasteiger partial charge in [-0.1, -0.05) is 22.9 Å². The minimum Gasteiger partial charge on any atom is -0.320 e. The van der Waals surface area contributed by atoms with Crippen LogP contribution in [0.1, 0.15) is 17.3 Å². The Kier molecular flexibility index (Phi) is 4.14. The molecular weight excluding hydrogens is 352 g/mol. The van der Waals surface area contributed by atoms with Gasteiger partial charge in [0.25, 0.3) is 5.91 Å². The number of aromatic nitrogens is 5. The predicted octanol–water partition coefficient (Wildman–Crippen LogP) is 3.54. The van der Waals surface area contributed by atoms with Crippen molar-refractivity contribution in [3.63, 3.8) is 0 Å². The Morgan fingerprint density at radius 3 is 2.88 bits per heavy atom. The first kappa shape index (κ1) is 16.3. The summed E-state index contributed by atoms with van der Waals surface area (Å²) in [4.78, 5) is 12.7. The van der Waals surface area contributed by atoms with Gasteiger partial charge in [-0.05, 0) is 43.3 Å². The second-order valence-corrected chi connectivity index (χ2v) is 6.06. The second-order valence-electron chi connectivity index (χ2n) is 5.65. The lowest BCUT2D eigenvalue weighted by Gasteiger charge is -2.13. The van der Waals surface area contributed by atoms with Gasteiger partial charge in [0.15, 0.2) is 0 Å². The molecule has 0 aliphatic rings. The number of amides is 1. The van der Waals surface area contributed by atoms with E-state index in [2.05, 4.69) is 20.7 Å². The number of nitrogens with one attached hydrogen (secondary N) is 1. The molecule has 2 aromatic carbocycles. The van der Waals surface area contributed by atoms with Gasteiger partial charge in [-0.25, -0.2) is 9.36 Å². The second kappa shape index (κ2) is 6.61. The largest absolute Gasteiger partial charge is 0.320 e. The van der Waals surface area contributed by atoms with Crippen molar-refractivity contribution < 1.29 is 4.79 Å². The first-order chi connectivity index (χ1) is 12.7. The first-order valence-corrected chi connectivity index (χ1v) is 8.48. The van der Waals surface area contributed by atoms with Crippen LogP contribution in [0.4, 0.5) is 5.69 Å². The monoisotopic (exact) mass is 366 g/mol. The number of anilines is 1. The Bertz CT molecular complexity index is 1090. The molecule has 0 unspecified atom stereocenters.